The maximum absolute atomic E-state index is 12.9. The molecular weight excluding hydrogens is 369 g/mol. The standard InChI is InChI=1S/C23H28FN3O2/c1-17(2)26-13-15-27(16-14-26)21-9-7-20(8-10-21)25-23(29)12-11-22(28)18-3-5-19(24)6-4-18/h3-10,17H,11-16H2,1-2H3,(H,25,29). The third kappa shape index (κ3) is 5.87. The molecule has 1 heterocycles. The molecule has 0 saturated carbocycles. The van der Waals surface area contributed by atoms with Gasteiger partial charge in [-0.1, -0.05) is 0 Å². The van der Waals surface area contributed by atoms with Gasteiger partial charge >= 0.3 is 0 Å². The first-order valence-corrected chi connectivity index (χ1v) is 10.1. The molecule has 1 amide bonds. The molecule has 5 nitrogen and oxygen atoms in total. The molecule has 0 spiro atoms. The van der Waals surface area contributed by atoms with Crippen molar-refractivity contribution in [2.24, 2.45) is 0 Å². The van der Waals surface area contributed by atoms with Crippen LogP contribution in [0.25, 0.3) is 0 Å². The lowest BCUT2D eigenvalue weighted by Gasteiger charge is -2.38. The number of amides is 1. The largest absolute Gasteiger partial charge is 0.369 e. The number of benzene rings is 2. The predicted octanol–water partition coefficient (Wildman–Crippen LogP) is 3.96. The number of Topliss-reactive ketones (excluding diaryl/α,β-unsaturated/α-hetero) is 1. The number of rotatable bonds is 7. The molecule has 154 valence electrons. The molecule has 0 atom stereocenters. The van der Waals surface area contributed by atoms with Crippen molar-refractivity contribution in [3.8, 4) is 0 Å². The average molecular weight is 397 g/mol. The number of halogens is 1. The summed E-state index contributed by atoms with van der Waals surface area (Å²) in [6.45, 7) is 8.54. The summed E-state index contributed by atoms with van der Waals surface area (Å²) in [5.41, 5.74) is 2.29. The monoisotopic (exact) mass is 397 g/mol. The number of carbonyl (C=O) groups excluding carboxylic acids is 2. The van der Waals surface area contributed by atoms with Crippen molar-refractivity contribution >= 4 is 23.1 Å². The Balaban J connectivity index is 1.46. The Labute approximate surface area is 171 Å². The normalized spacial score (nSPS) is 14.8. The Morgan fingerprint density at radius 3 is 2.14 bits per heavy atom. The van der Waals surface area contributed by atoms with Crippen molar-refractivity contribution in [1.29, 1.82) is 0 Å². The van der Waals surface area contributed by atoms with Gasteiger partial charge in [0.2, 0.25) is 5.91 Å². The fraction of sp³-hybridized carbons (Fsp3) is 0.391. The molecule has 2 aromatic carbocycles. The van der Waals surface area contributed by atoms with Crippen molar-refractivity contribution in [2.75, 3.05) is 36.4 Å². The van der Waals surface area contributed by atoms with Gasteiger partial charge in [-0.3, -0.25) is 14.5 Å². The first-order valence-electron chi connectivity index (χ1n) is 10.1. The lowest BCUT2D eigenvalue weighted by Crippen LogP contribution is -2.48. The number of anilines is 2. The van der Waals surface area contributed by atoms with Crippen molar-refractivity contribution in [3.63, 3.8) is 0 Å². The van der Waals surface area contributed by atoms with E-state index in [-0.39, 0.29) is 30.3 Å². The van der Waals surface area contributed by atoms with Crippen LogP contribution < -0.4 is 10.2 Å². The average Bonchev–Trinajstić information content (AvgIpc) is 2.73. The van der Waals surface area contributed by atoms with Gasteiger partial charge in [0.05, 0.1) is 0 Å². The van der Waals surface area contributed by atoms with Crippen LogP contribution in [-0.2, 0) is 4.79 Å². The maximum atomic E-state index is 12.9. The molecule has 0 unspecified atom stereocenters. The van der Waals surface area contributed by atoms with Gasteiger partial charge in [-0.15, -0.1) is 0 Å². The molecule has 0 bridgehead atoms. The van der Waals surface area contributed by atoms with Crippen LogP contribution in [-0.4, -0.2) is 48.8 Å². The van der Waals surface area contributed by atoms with Crippen LogP contribution in [0.4, 0.5) is 15.8 Å². The number of hydrogen-bond acceptors (Lipinski definition) is 4. The third-order valence-corrected chi connectivity index (χ3v) is 5.31. The Kier molecular flexibility index (Phi) is 6.99. The maximum Gasteiger partial charge on any atom is 0.224 e. The van der Waals surface area contributed by atoms with E-state index in [1.54, 1.807) is 0 Å². The molecule has 6 heteroatoms. The molecular formula is C23H28FN3O2. The Morgan fingerprint density at radius 2 is 1.55 bits per heavy atom. The second-order valence-electron chi connectivity index (χ2n) is 7.64. The first kappa shape index (κ1) is 21.0. The number of nitrogens with zero attached hydrogens (tertiary/aromatic N) is 2. The minimum absolute atomic E-state index is 0.0924. The predicted molar refractivity (Wildman–Crippen MR) is 114 cm³/mol. The zero-order valence-corrected chi connectivity index (χ0v) is 17.0. The lowest BCUT2D eigenvalue weighted by molar-refractivity contribution is -0.116. The number of hydrogen-bond donors (Lipinski definition) is 1. The van der Waals surface area contributed by atoms with E-state index in [9.17, 15) is 14.0 Å². The quantitative estimate of drug-likeness (QED) is 0.719. The molecule has 3 rings (SSSR count). The van der Waals surface area contributed by atoms with Crippen molar-refractivity contribution in [1.82, 2.24) is 4.90 Å². The highest BCUT2D eigenvalue weighted by Crippen LogP contribution is 2.20. The summed E-state index contributed by atoms with van der Waals surface area (Å²) in [7, 11) is 0. The van der Waals surface area contributed by atoms with Gasteiger partial charge in [-0.05, 0) is 62.4 Å². The van der Waals surface area contributed by atoms with Crippen LogP contribution >= 0.6 is 0 Å². The van der Waals surface area contributed by atoms with E-state index in [2.05, 4.69) is 29.0 Å². The van der Waals surface area contributed by atoms with Crippen LogP contribution in [0, 0.1) is 5.82 Å². The highest BCUT2D eigenvalue weighted by atomic mass is 19.1. The van der Waals surface area contributed by atoms with Gasteiger partial charge in [0.1, 0.15) is 5.82 Å². The third-order valence-electron chi connectivity index (χ3n) is 5.31. The molecule has 1 fully saturated rings. The van der Waals surface area contributed by atoms with Crippen LogP contribution in [0.1, 0.15) is 37.0 Å². The zero-order valence-electron chi connectivity index (χ0n) is 17.0. The van der Waals surface area contributed by atoms with Gasteiger partial charge in [-0.2, -0.15) is 0 Å². The number of ketones is 1. The number of piperazine rings is 1. The second kappa shape index (κ2) is 9.65. The SMILES string of the molecule is CC(C)N1CCN(c2ccc(NC(=O)CCC(=O)c3ccc(F)cc3)cc2)CC1. The molecule has 0 aliphatic carbocycles. The van der Waals surface area contributed by atoms with Crippen LogP contribution in [0.5, 0.6) is 0 Å². The highest BCUT2D eigenvalue weighted by molar-refractivity contribution is 6.00. The van der Waals surface area contributed by atoms with Gasteiger partial charge in [0, 0.05) is 62.0 Å². The summed E-state index contributed by atoms with van der Waals surface area (Å²) in [6.07, 6.45) is 0.185. The Hall–Kier alpha value is -2.73. The Bertz CT molecular complexity index is 826. The van der Waals surface area contributed by atoms with E-state index in [0.717, 1.165) is 31.9 Å². The fourth-order valence-electron chi connectivity index (χ4n) is 3.48. The van der Waals surface area contributed by atoms with E-state index in [1.165, 1.54) is 24.3 Å². The lowest BCUT2D eigenvalue weighted by atomic mass is 10.1. The summed E-state index contributed by atoms with van der Waals surface area (Å²) < 4.78 is 12.9. The van der Waals surface area contributed by atoms with E-state index in [0.29, 0.717) is 17.3 Å². The van der Waals surface area contributed by atoms with Crippen LogP contribution in [0.3, 0.4) is 0 Å². The van der Waals surface area contributed by atoms with Gasteiger partial charge in [0.25, 0.3) is 0 Å². The molecule has 0 aromatic heterocycles. The minimum Gasteiger partial charge on any atom is -0.369 e. The summed E-state index contributed by atoms with van der Waals surface area (Å²) in [4.78, 5) is 29.1. The fourth-order valence-corrected chi connectivity index (χ4v) is 3.48. The summed E-state index contributed by atoms with van der Waals surface area (Å²) in [5, 5.41) is 2.83. The van der Waals surface area contributed by atoms with Crippen molar-refractivity contribution in [3.05, 3.63) is 59.9 Å². The zero-order chi connectivity index (χ0) is 20.8. The summed E-state index contributed by atoms with van der Waals surface area (Å²) in [6, 6.07) is 13.8. The van der Waals surface area contributed by atoms with Crippen LogP contribution in [0.15, 0.2) is 48.5 Å². The molecule has 0 radical (unpaired) electrons. The van der Waals surface area contributed by atoms with E-state index >= 15 is 0 Å². The van der Waals surface area contributed by atoms with Gasteiger partial charge in [0.15, 0.2) is 5.78 Å². The second-order valence-corrected chi connectivity index (χ2v) is 7.64. The summed E-state index contributed by atoms with van der Waals surface area (Å²) in [5.74, 6) is -0.765. The van der Waals surface area contributed by atoms with Crippen molar-refractivity contribution in [2.45, 2.75) is 32.7 Å². The van der Waals surface area contributed by atoms with Gasteiger partial charge in [-0.25, -0.2) is 4.39 Å². The van der Waals surface area contributed by atoms with Crippen LogP contribution in [0.2, 0.25) is 0 Å². The van der Waals surface area contributed by atoms with E-state index in [4.69, 9.17) is 0 Å². The molecule has 1 N–H and O–H groups in total. The summed E-state index contributed by atoms with van der Waals surface area (Å²) >= 11 is 0. The highest BCUT2D eigenvalue weighted by Gasteiger charge is 2.19. The topological polar surface area (TPSA) is 52.6 Å². The first-order chi connectivity index (χ1) is 13.9. The molecule has 1 aliphatic rings. The molecule has 1 aliphatic heterocycles. The smallest absolute Gasteiger partial charge is 0.224 e. The van der Waals surface area contributed by atoms with Crippen molar-refractivity contribution < 1.29 is 14.0 Å². The Morgan fingerprint density at radius 1 is 0.931 bits per heavy atom. The number of carbonyl (C=O) groups is 2. The minimum atomic E-state index is -0.385. The molecule has 29 heavy (non-hydrogen) atoms. The molecule has 1 saturated heterocycles. The van der Waals surface area contributed by atoms with E-state index in [1.807, 2.05) is 24.3 Å². The van der Waals surface area contributed by atoms with Gasteiger partial charge < -0.3 is 10.2 Å². The number of nitrogens with one attached hydrogen (secondary N) is 1. The molecule has 2 aromatic rings. The van der Waals surface area contributed by atoms with E-state index < -0.39 is 0 Å².